The number of nitrogens with one attached hydrogen (secondary N) is 2. The summed E-state index contributed by atoms with van der Waals surface area (Å²) in [6.45, 7) is 2.28. The number of aromatic amines is 1. The largest absolute Gasteiger partial charge is 0.456 e. The molecule has 188 valence electrons. The number of H-pyrrole nitrogens is 1. The molecule has 4 aromatic rings. The second kappa shape index (κ2) is 9.11. The van der Waals surface area contributed by atoms with Crippen molar-refractivity contribution in [3.8, 4) is 28.4 Å². The van der Waals surface area contributed by atoms with Crippen LogP contribution in [-0.2, 0) is 9.47 Å². The summed E-state index contributed by atoms with van der Waals surface area (Å²) in [5.74, 6) is 0.955. The zero-order chi connectivity index (χ0) is 24.9. The Hall–Kier alpha value is -3.50. The van der Waals surface area contributed by atoms with Crippen LogP contribution in [0, 0.1) is 0 Å². The molecule has 0 spiro atoms. The van der Waals surface area contributed by atoms with Crippen molar-refractivity contribution in [3.63, 3.8) is 0 Å². The number of ether oxygens (including phenoxy) is 3. The molecule has 9 nitrogen and oxygen atoms in total. The lowest BCUT2D eigenvalue weighted by Gasteiger charge is -2.15. The summed E-state index contributed by atoms with van der Waals surface area (Å²) < 4.78 is 17.2. The summed E-state index contributed by atoms with van der Waals surface area (Å²) in [7, 11) is 0. The van der Waals surface area contributed by atoms with E-state index in [1.165, 1.54) is 0 Å². The van der Waals surface area contributed by atoms with Gasteiger partial charge < -0.3 is 29.6 Å². The van der Waals surface area contributed by atoms with Crippen LogP contribution in [0.4, 0.5) is 0 Å². The van der Waals surface area contributed by atoms with Crippen LogP contribution in [0.1, 0.15) is 5.56 Å². The van der Waals surface area contributed by atoms with E-state index in [1.807, 2.05) is 12.1 Å². The van der Waals surface area contributed by atoms with E-state index in [0.717, 1.165) is 41.2 Å². The molecule has 2 aromatic carbocycles. The van der Waals surface area contributed by atoms with Crippen LogP contribution in [-0.4, -0.2) is 76.6 Å². The number of rotatable bonds is 5. The first-order valence-electron chi connectivity index (χ1n) is 12.3. The molecule has 0 bridgehead atoms. The molecule has 0 radical (unpaired) electrons. The van der Waals surface area contributed by atoms with E-state index >= 15 is 0 Å². The number of nitrogens with zero attached hydrogens (tertiary/aromatic N) is 3. The number of amidine groups is 1. The fourth-order valence-electron chi connectivity index (χ4n) is 5.07. The zero-order valence-corrected chi connectivity index (χ0v) is 20.5. The van der Waals surface area contributed by atoms with Crippen molar-refractivity contribution in [2.75, 3.05) is 26.3 Å². The van der Waals surface area contributed by atoms with Gasteiger partial charge in [-0.05, 0) is 17.2 Å². The molecule has 7 rings (SSSR count). The Morgan fingerprint density at radius 2 is 1.59 bits per heavy atom. The number of imidazole rings is 1. The number of aliphatic hydroxyl groups is 1. The molecule has 0 aliphatic carbocycles. The van der Waals surface area contributed by atoms with Gasteiger partial charge in [0.05, 0.1) is 36.0 Å². The van der Waals surface area contributed by atoms with Gasteiger partial charge in [0, 0.05) is 17.7 Å². The maximum atomic E-state index is 9.94. The number of pyridine rings is 1. The Kier molecular flexibility index (Phi) is 5.58. The first-order valence-corrected chi connectivity index (χ1v) is 12.6. The van der Waals surface area contributed by atoms with Crippen molar-refractivity contribution >= 4 is 28.6 Å². The highest BCUT2D eigenvalue weighted by atomic mass is 35.5. The Balaban J connectivity index is 1.11. The van der Waals surface area contributed by atoms with E-state index in [-0.39, 0.29) is 24.9 Å². The van der Waals surface area contributed by atoms with Gasteiger partial charge in [0.15, 0.2) is 11.8 Å². The third kappa shape index (κ3) is 4.14. The molecule has 5 heterocycles. The molecule has 3 aliphatic heterocycles. The lowest BCUT2D eigenvalue weighted by atomic mass is 10.0. The standard InChI is InChI=1S/C27H24ClN5O4/c28-18-11-19-26(33-27(31-19)37-21-13-36-23-20(34)12-35-24(21)23)32-22(18)16-5-1-14(2-6-16)15-3-7-17(8-4-15)25-29-9-10-30-25/h1-8,11,20-21,23-24,34H,9-10,12-13H2,(H,29,30)(H,31,32,33)/t20-,21-,23?,24?/m1/s1. The molecule has 0 amide bonds. The number of aliphatic imine (C=N–C) groups is 1. The number of aromatic nitrogens is 3. The van der Waals surface area contributed by atoms with Crippen molar-refractivity contribution in [3.05, 3.63) is 65.2 Å². The van der Waals surface area contributed by atoms with Gasteiger partial charge in [-0.25, -0.2) is 4.98 Å². The molecule has 3 aliphatic rings. The second-order valence-corrected chi connectivity index (χ2v) is 9.77. The van der Waals surface area contributed by atoms with E-state index in [9.17, 15) is 5.11 Å². The SMILES string of the molecule is O[C@@H]1COC2C1OC[C@H]2Oc1nc2nc(-c3ccc(-c4ccc(C5=NCCN5)cc4)cc3)c(Cl)cc2[nH]1. The quantitative estimate of drug-likeness (QED) is 0.372. The third-order valence-corrected chi connectivity index (χ3v) is 7.26. The molecule has 0 saturated carbocycles. The Bertz CT molecular complexity index is 1490. The van der Waals surface area contributed by atoms with E-state index in [1.54, 1.807) is 6.07 Å². The van der Waals surface area contributed by atoms with Gasteiger partial charge in [0.1, 0.15) is 24.1 Å². The minimum atomic E-state index is -0.632. The Labute approximate surface area is 217 Å². The fourth-order valence-corrected chi connectivity index (χ4v) is 5.34. The molecular weight excluding hydrogens is 494 g/mol. The molecular formula is C27H24ClN5O4. The van der Waals surface area contributed by atoms with Crippen LogP contribution in [0.15, 0.2) is 59.6 Å². The summed E-state index contributed by atoms with van der Waals surface area (Å²) in [6.07, 6.45) is -1.68. The van der Waals surface area contributed by atoms with Crippen LogP contribution in [0.2, 0.25) is 5.02 Å². The maximum Gasteiger partial charge on any atom is 0.296 e. The molecule has 2 unspecified atom stereocenters. The van der Waals surface area contributed by atoms with Gasteiger partial charge in [-0.3, -0.25) is 4.99 Å². The van der Waals surface area contributed by atoms with Gasteiger partial charge >= 0.3 is 0 Å². The van der Waals surface area contributed by atoms with Gasteiger partial charge in [-0.1, -0.05) is 60.1 Å². The van der Waals surface area contributed by atoms with Crippen LogP contribution in [0.5, 0.6) is 6.01 Å². The van der Waals surface area contributed by atoms with Gasteiger partial charge in [0.25, 0.3) is 6.01 Å². The lowest BCUT2D eigenvalue weighted by molar-refractivity contribution is 0.00706. The number of hydrogen-bond donors (Lipinski definition) is 3. The molecule has 3 N–H and O–H groups in total. The van der Waals surface area contributed by atoms with E-state index in [0.29, 0.717) is 34.5 Å². The molecule has 10 heteroatoms. The number of aliphatic hydroxyl groups excluding tert-OH is 1. The first kappa shape index (κ1) is 22.7. The molecule has 2 fully saturated rings. The molecule has 37 heavy (non-hydrogen) atoms. The van der Waals surface area contributed by atoms with E-state index < -0.39 is 6.10 Å². The topological polar surface area (TPSA) is 114 Å². The van der Waals surface area contributed by atoms with E-state index in [4.69, 9.17) is 30.8 Å². The summed E-state index contributed by atoms with van der Waals surface area (Å²) in [5.41, 5.74) is 6.02. The first-order chi connectivity index (χ1) is 18.1. The van der Waals surface area contributed by atoms with Crippen LogP contribution in [0.3, 0.4) is 0 Å². The summed E-state index contributed by atoms with van der Waals surface area (Å²) >= 11 is 6.61. The predicted octanol–water partition coefficient (Wildman–Crippen LogP) is 3.20. The third-order valence-electron chi connectivity index (χ3n) is 6.97. The van der Waals surface area contributed by atoms with Crippen molar-refractivity contribution in [1.82, 2.24) is 20.3 Å². The van der Waals surface area contributed by atoms with Crippen molar-refractivity contribution < 1.29 is 19.3 Å². The average Bonchev–Trinajstić information content (AvgIpc) is 3.71. The number of hydrogen-bond acceptors (Lipinski definition) is 8. The Morgan fingerprint density at radius 3 is 2.32 bits per heavy atom. The normalized spacial score (nSPS) is 24.8. The van der Waals surface area contributed by atoms with Gasteiger partial charge in [0.2, 0.25) is 0 Å². The maximum absolute atomic E-state index is 9.94. The number of halogens is 1. The lowest BCUT2D eigenvalue weighted by Crippen LogP contribution is -2.34. The molecule has 2 aromatic heterocycles. The van der Waals surface area contributed by atoms with Crippen molar-refractivity contribution in [2.45, 2.75) is 24.4 Å². The molecule has 4 atom stereocenters. The highest BCUT2D eigenvalue weighted by Gasteiger charge is 2.48. The highest BCUT2D eigenvalue weighted by molar-refractivity contribution is 6.33. The van der Waals surface area contributed by atoms with Gasteiger partial charge in [-0.2, -0.15) is 4.98 Å². The molecule has 2 saturated heterocycles. The highest BCUT2D eigenvalue weighted by Crippen LogP contribution is 2.33. The average molecular weight is 518 g/mol. The van der Waals surface area contributed by atoms with Crippen molar-refractivity contribution in [1.29, 1.82) is 0 Å². The van der Waals surface area contributed by atoms with Crippen molar-refractivity contribution in [2.24, 2.45) is 4.99 Å². The second-order valence-electron chi connectivity index (χ2n) is 9.36. The predicted molar refractivity (Wildman–Crippen MR) is 139 cm³/mol. The summed E-state index contributed by atoms with van der Waals surface area (Å²) in [6, 6.07) is 18.6. The minimum Gasteiger partial charge on any atom is -0.456 e. The number of benzene rings is 2. The smallest absolute Gasteiger partial charge is 0.296 e. The van der Waals surface area contributed by atoms with E-state index in [2.05, 4.69) is 56.7 Å². The number of fused-ring (bicyclic) bond motifs is 2. The summed E-state index contributed by atoms with van der Waals surface area (Å²) in [5, 5.41) is 13.8. The monoisotopic (exact) mass is 517 g/mol. The zero-order valence-electron chi connectivity index (χ0n) is 19.7. The van der Waals surface area contributed by atoms with Crippen LogP contribution < -0.4 is 10.1 Å². The summed E-state index contributed by atoms with van der Waals surface area (Å²) in [4.78, 5) is 16.8. The fraction of sp³-hybridized carbons (Fsp3) is 0.296. The van der Waals surface area contributed by atoms with Crippen LogP contribution >= 0.6 is 11.6 Å². The van der Waals surface area contributed by atoms with Gasteiger partial charge in [-0.15, -0.1) is 0 Å². The minimum absolute atomic E-state index is 0.243. The Morgan fingerprint density at radius 1 is 0.892 bits per heavy atom. The van der Waals surface area contributed by atoms with Crippen LogP contribution in [0.25, 0.3) is 33.5 Å².